The van der Waals surface area contributed by atoms with Crippen LogP contribution in [0.25, 0.3) is 0 Å². The number of para-hydroxylation sites is 1. The van der Waals surface area contributed by atoms with Gasteiger partial charge in [-0.3, -0.25) is 4.48 Å². The predicted molar refractivity (Wildman–Crippen MR) is 102 cm³/mol. The molecule has 0 aliphatic heterocycles. The molecule has 0 aromatic heterocycles. The van der Waals surface area contributed by atoms with E-state index in [9.17, 15) is 0 Å². The highest BCUT2D eigenvalue weighted by Gasteiger charge is 2.29. The van der Waals surface area contributed by atoms with Crippen molar-refractivity contribution in [2.45, 2.75) is 79.1 Å². The minimum atomic E-state index is 1.20. The first-order valence-electron chi connectivity index (χ1n) is 9.62. The molecular weight excluding hydrogens is 266 g/mol. The Morgan fingerprint density at radius 3 is 1.86 bits per heavy atom. The maximum absolute atomic E-state index is 2.37. The lowest BCUT2D eigenvalue weighted by atomic mass is 10.1. The second-order valence-corrected chi connectivity index (χ2v) is 6.87. The maximum atomic E-state index is 2.37. The first-order chi connectivity index (χ1) is 10.7. The quantitative estimate of drug-likeness (QED) is 0.306. The molecule has 0 aliphatic carbocycles. The highest BCUT2D eigenvalue weighted by molar-refractivity contribution is 5.49. The zero-order valence-electron chi connectivity index (χ0n) is 15.5. The summed E-state index contributed by atoms with van der Waals surface area (Å²) in [6, 6.07) is 9.06. The van der Waals surface area contributed by atoms with Crippen LogP contribution in [0.3, 0.4) is 0 Å². The van der Waals surface area contributed by atoms with Crippen LogP contribution in [0.5, 0.6) is 0 Å². The van der Waals surface area contributed by atoms with Gasteiger partial charge in [-0.2, -0.15) is 0 Å². The van der Waals surface area contributed by atoms with E-state index in [0.717, 1.165) is 0 Å². The van der Waals surface area contributed by atoms with E-state index in [0.29, 0.717) is 0 Å². The van der Waals surface area contributed by atoms with Gasteiger partial charge in [-0.25, -0.2) is 0 Å². The topological polar surface area (TPSA) is 0 Å². The highest BCUT2D eigenvalue weighted by atomic mass is 15.4. The van der Waals surface area contributed by atoms with Crippen LogP contribution in [0, 0.1) is 6.92 Å². The van der Waals surface area contributed by atoms with Crippen LogP contribution in [0.15, 0.2) is 24.3 Å². The molecule has 0 aliphatic rings. The van der Waals surface area contributed by atoms with Crippen molar-refractivity contribution in [1.82, 2.24) is 4.48 Å². The first-order valence-corrected chi connectivity index (χ1v) is 9.62. The Morgan fingerprint density at radius 1 is 0.682 bits per heavy atom. The van der Waals surface area contributed by atoms with Gasteiger partial charge in [-0.05, 0) is 38.7 Å². The average molecular weight is 305 g/mol. The second-order valence-electron chi connectivity index (χ2n) is 6.87. The minimum Gasteiger partial charge on any atom is -0.291 e. The number of rotatable bonds is 12. The van der Waals surface area contributed by atoms with Crippen molar-refractivity contribution in [1.29, 1.82) is 0 Å². The van der Waals surface area contributed by atoms with Gasteiger partial charge in [0.1, 0.15) is 5.69 Å². The van der Waals surface area contributed by atoms with E-state index >= 15 is 0 Å². The van der Waals surface area contributed by atoms with Gasteiger partial charge in [0.05, 0.1) is 19.6 Å². The van der Waals surface area contributed by atoms with Crippen LogP contribution in [-0.2, 0) is 0 Å². The summed E-state index contributed by atoms with van der Waals surface area (Å²) in [5.74, 6) is 0. The molecule has 1 heteroatoms. The summed E-state index contributed by atoms with van der Waals surface area (Å²) in [4.78, 5) is 0. The SMILES string of the molecule is CCCCCCCC[N+](CCC)(CCC)c1ccccc1C. The second kappa shape index (κ2) is 10.8. The Morgan fingerprint density at radius 2 is 1.27 bits per heavy atom. The van der Waals surface area contributed by atoms with Gasteiger partial charge in [0.15, 0.2) is 0 Å². The Balaban J connectivity index is 2.76. The van der Waals surface area contributed by atoms with Crippen LogP contribution in [0.4, 0.5) is 5.69 Å². The lowest BCUT2D eigenvalue weighted by Crippen LogP contribution is -2.51. The number of benzene rings is 1. The molecule has 1 aromatic carbocycles. The van der Waals surface area contributed by atoms with Gasteiger partial charge in [0, 0.05) is 5.56 Å². The molecule has 0 amide bonds. The minimum absolute atomic E-state index is 1.20. The van der Waals surface area contributed by atoms with Crippen molar-refractivity contribution in [3.05, 3.63) is 29.8 Å². The molecule has 0 saturated heterocycles. The number of nitrogens with zero attached hydrogens (tertiary/aromatic N) is 1. The van der Waals surface area contributed by atoms with E-state index in [1.54, 1.807) is 5.69 Å². The molecule has 0 fully saturated rings. The zero-order valence-corrected chi connectivity index (χ0v) is 15.5. The van der Waals surface area contributed by atoms with Gasteiger partial charge in [-0.15, -0.1) is 0 Å². The zero-order chi connectivity index (χ0) is 16.3. The third kappa shape index (κ3) is 5.76. The van der Waals surface area contributed by atoms with Crippen molar-refractivity contribution < 1.29 is 0 Å². The Kier molecular flexibility index (Phi) is 9.47. The van der Waals surface area contributed by atoms with Gasteiger partial charge < -0.3 is 0 Å². The van der Waals surface area contributed by atoms with E-state index in [-0.39, 0.29) is 0 Å². The van der Waals surface area contributed by atoms with E-state index < -0.39 is 0 Å². The fourth-order valence-corrected chi connectivity index (χ4v) is 3.84. The van der Waals surface area contributed by atoms with Crippen molar-refractivity contribution in [2.24, 2.45) is 0 Å². The molecule has 22 heavy (non-hydrogen) atoms. The highest BCUT2D eigenvalue weighted by Crippen LogP contribution is 2.29. The molecule has 0 radical (unpaired) electrons. The number of hydrogen-bond acceptors (Lipinski definition) is 0. The average Bonchev–Trinajstić information content (AvgIpc) is 2.51. The van der Waals surface area contributed by atoms with Crippen molar-refractivity contribution >= 4 is 5.69 Å². The molecule has 1 nitrogen and oxygen atoms in total. The maximum Gasteiger partial charge on any atom is 0.135 e. The van der Waals surface area contributed by atoms with Crippen LogP contribution in [-0.4, -0.2) is 19.6 Å². The Hall–Kier alpha value is -0.820. The summed E-state index contributed by atoms with van der Waals surface area (Å²) in [5.41, 5.74) is 3.04. The van der Waals surface area contributed by atoms with Crippen molar-refractivity contribution in [3.63, 3.8) is 0 Å². The van der Waals surface area contributed by atoms with E-state index in [1.807, 2.05) is 0 Å². The number of aryl methyl sites for hydroxylation is 1. The Bertz CT molecular complexity index is 391. The van der Waals surface area contributed by atoms with Crippen LogP contribution >= 0.6 is 0 Å². The molecule has 1 rings (SSSR count). The molecule has 0 heterocycles. The van der Waals surface area contributed by atoms with E-state index in [2.05, 4.69) is 52.0 Å². The smallest absolute Gasteiger partial charge is 0.135 e. The first kappa shape index (κ1) is 19.2. The summed E-state index contributed by atoms with van der Waals surface area (Å²) in [6.07, 6.45) is 10.9. The molecule has 126 valence electrons. The van der Waals surface area contributed by atoms with Crippen molar-refractivity contribution in [2.75, 3.05) is 19.6 Å². The fraction of sp³-hybridized carbons (Fsp3) is 0.714. The summed E-state index contributed by atoms with van der Waals surface area (Å²) in [6.45, 7) is 13.1. The fourth-order valence-electron chi connectivity index (χ4n) is 3.84. The standard InChI is InChI=1S/C21H38N/c1-5-8-9-10-11-14-19-22(17-6-2,18-7-3)21-16-13-12-15-20(21)4/h12-13,15-16H,5-11,14,17-19H2,1-4H3/q+1. The summed E-state index contributed by atoms with van der Waals surface area (Å²) in [5, 5.41) is 0. The lowest BCUT2D eigenvalue weighted by molar-refractivity contribution is 0.264. The lowest BCUT2D eigenvalue weighted by Gasteiger charge is -2.39. The third-order valence-corrected chi connectivity index (χ3v) is 4.87. The summed E-state index contributed by atoms with van der Waals surface area (Å²) >= 11 is 0. The van der Waals surface area contributed by atoms with E-state index in [4.69, 9.17) is 0 Å². The van der Waals surface area contributed by atoms with Gasteiger partial charge in [0.2, 0.25) is 0 Å². The Labute approximate surface area is 139 Å². The number of quaternary nitrogens is 1. The van der Waals surface area contributed by atoms with Crippen LogP contribution < -0.4 is 4.48 Å². The molecule has 0 N–H and O–H groups in total. The molecule has 0 spiro atoms. The van der Waals surface area contributed by atoms with Crippen LogP contribution in [0.1, 0.15) is 77.7 Å². The number of hydrogen-bond donors (Lipinski definition) is 0. The largest absolute Gasteiger partial charge is 0.291 e. The van der Waals surface area contributed by atoms with Crippen LogP contribution in [0.2, 0.25) is 0 Å². The van der Waals surface area contributed by atoms with E-state index in [1.165, 1.54) is 81.0 Å². The van der Waals surface area contributed by atoms with Gasteiger partial charge in [0.25, 0.3) is 0 Å². The molecule has 0 unspecified atom stereocenters. The third-order valence-electron chi connectivity index (χ3n) is 4.87. The monoisotopic (exact) mass is 304 g/mol. The molecule has 0 bridgehead atoms. The van der Waals surface area contributed by atoms with Gasteiger partial charge in [-0.1, -0.05) is 64.7 Å². The molecule has 1 aromatic rings. The summed E-state index contributed by atoms with van der Waals surface area (Å²) in [7, 11) is 0. The molecular formula is C21H38N+. The summed E-state index contributed by atoms with van der Waals surface area (Å²) < 4.78 is 1.20. The predicted octanol–water partition coefficient (Wildman–Crippen LogP) is 6.48. The normalized spacial score (nSPS) is 11.8. The van der Waals surface area contributed by atoms with Gasteiger partial charge >= 0.3 is 0 Å². The molecule has 0 atom stereocenters. The molecule has 0 saturated carbocycles. The number of unbranched alkanes of at least 4 members (excludes halogenated alkanes) is 5. The van der Waals surface area contributed by atoms with Crippen molar-refractivity contribution in [3.8, 4) is 0 Å².